The molecule has 1 aromatic heterocycles. The zero-order chi connectivity index (χ0) is 22.2. The van der Waals surface area contributed by atoms with E-state index in [-0.39, 0.29) is 11.7 Å². The van der Waals surface area contributed by atoms with Crippen molar-refractivity contribution >= 4 is 46.0 Å². The van der Waals surface area contributed by atoms with Gasteiger partial charge in [0, 0.05) is 16.2 Å². The number of aryl methyl sites for hydroxylation is 1. The number of fused-ring (bicyclic) bond motifs is 1. The number of imide groups is 1. The quantitative estimate of drug-likeness (QED) is 0.336. The van der Waals surface area contributed by atoms with E-state index in [1.54, 1.807) is 23.9 Å². The predicted molar refractivity (Wildman–Crippen MR) is 120 cm³/mol. The Kier molecular flexibility index (Phi) is 8.48. The Bertz CT molecular complexity index is 944. The fourth-order valence-electron chi connectivity index (χ4n) is 3.42. The Labute approximate surface area is 188 Å². The molecule has 1 aromatic carbocycles. The predicted octanol–water partition coefficient (Wildman–Crippen LogP) is 5.16. The van der Waals surface area contributed by atoms with Gasteiger partial charge in [-0.3, -0.25) is 14.9 Å². The molecule has 9 heteroatoms. The molecule has 0 bridgehead atoms. The van der Waals surface area contributed by atoms with Crippen LogP contribution in [0, 0.1) is 5.82 Å². The first-order chi connectivity index (χ1) is 15.0. The SMILES string of the molecule is COC(=O)NC(=O)c1c(NC(=O)CCCSc2ccc(F)cc2)sc2c1CCCCC2. The number of carbonyl (C=O) groups excluding carboxylic acids is 3. The lowest BCUT2D eigenvalue weighted by Crippen LogP contribution is -2.31. The normalized spacial score (nSPS) is 13.1. The summed E-state index contributed by atoms with van der Waals surface area (Å²) in [6.45, 7) is 0. The van der Waals surface area contributed by atoms with Crippen molar-refractivity contribution in [2.24, 2.45) is 0 Å². The molecule has 1 aliphatic carbocycles. The number of hydrogen-bond donors (Lipinski definition) is 2. The second-order valence-electron chi connectivity index (χ2n) is 7.17. The molecule has 166 valence electrons. The number of amides is 3. The van der Waals surface area contributed by atoms with Gasteiger partial charge >= 0.3 is 6.09 Å². The summed E-state index contributed by atoms with van der Waals surface area (Å²) in [6.07, 6.45) is 4.83. The Morgan fingerprint density at radius 2 is 1.87 bits per heavy atom. The van der Waals surface area contributed by atoms with Crippen LogP contribution in [-0.2, 0) is 22.4 Å². The minimum atomic E-state index is -0.825. The van der Waals surface area contributed by atoms with Crippen LogP contribution in [0.4, 0.5) is 14.2 Å². The highest BCUT2D eigenvalue weighted by Gasteiger charge is 2.26. The Hall–Kier alpha value is -2.39. The second kappa shape index (κ2) is 11.3. The van der Waals surface area contributed by atoms with E-state index in [1.807, 2.05) is 0 Å². The first kappa shape index (κ1) is 23.3. The van der Waals surface area contributed by atoms with Crippen molar-refractivity contribution in [2.75, 3.05) is 18.2 Å². The summed E-state index contributed by atoms with van der Waals surface area (Å²) >= 11 is 2.98. The van der Waals surface area contributed by atoms with Crippen LogP contribution in [0.1, 0.15) is 52.9 Å². The molecule has 3 amide bonds. The van der Waals surface area contributed by atoms with E-state index in [4.69, 9.17) is 0 Å². The molecule has 0 atom stereocenters. The summed E-state index contributed by atoms with van der Waals surface area (Å²) in [5.41, 5.74) is 1.30. The molecule has 0 fully saturated rings. The summed E-state index contributed by atoms with van der Waals surface area (Å²) in [6, 6.07) is 6.25. The molecule has 3 rings (SSSR count). The smallest absolute Gasteiger partial charge is 0.413 e. The fraction of sp³-hybridized carbons (Fsp3) is 0.409. The number of thiophene rings is 1. The third kappa shape index (κ3) is 6.54. The highest BCUT2D eigenvalue weighted by Crippen LogP contribution is 2.37. The summed E-state index contributed by atoms with van der Waals surface area (Å²) in [7, 11) is 1.20. The summed E-state index contributed by atoms with van der Waals surface area (Å²) in [5.74, 6) is -0.280. The van der Waals surface area contributed by atoms with E-state index < -0.39 is 12.0 Å². The van der Waals surface area contributed by atoms with Crippen molar-refractivity contribution in [1.29, 1.82) is 0 Å². The van der Waals surface area contributed by atoms with Crippen LogP contribution in [-0.4, -0.2) is 30.8 Å². The molecule has 1 heterocycles. The number of nitrogens with one attached hydrogen (secondary N) is 2. The van der Waals surface area contributed by atoms with Crippen LogP contribution in [0.15, 0.2) is 29.2 Å². The topological polar surface area (TPSA) is 84.5 Å². The van der Waals surface area contributed by atoms with Crippen LogP contribution in [0.5, 0.6) is 0 Å². The first-order valence-electron chi connectivity index (χ1n) is 10.2. The van der Waals surface area contributed by atoms with Crippen LogP contribution < -0.4 is 10.6 Å². The van der Waals surface area contributed by atoms with Crippen LogP contribution in [0.25, 0.3) is 0 Å². The lowest BCUT2D eigenvalue weighted by molar-refractivity contribution is -0.116. The number of alkyl carbamates (subject to hydrolysis) is 1. The van der Waals surface area contributed by atoms with Crippen LogP contribution >= 0.6 is 23.1 Å². The highest BCUT2D eigenvalue weighted by atomic mass is 32.2. The standard InChI is InChI=1S/C22H25FN2O4S2/c1-29-22(28)25-20(27)19-16-6-3-2-4-7-17(16)31-21(19)24-18(26)8-5-13-30-15-11-9-14(23)10-12-15/h9-12H,2-8,13H2,1H3,(H,24,26)(H,25,27,28). The van der Waals surface area contributed by atoms with E-state index in [9.17, 15) is 18.8 Å². The number of anilines is 1. The Balaban J connectivity index is 1.62. The number of halogens is 1. The number of hydrogen-bond acceptors (Lipinski definition) is 6. The maximum Gasteiger partial charge on any atom is 0.413 e. The third-order valence-corrected chi connectivity index (χ3v) is 7.24. The molecule has 0 unspecified atom stereocenters. The molecule has 0 saturated carbocycles. The minimum Gasteiger partial charge on any atom is -0.453 e. The van der Waals surface area contributed by atoms with Crippen LogP contribution in [0.3, 0.4) is 0 Å². The van der Waals surface area contributed by atoms with Gasteiger partial charge in [0.2, 0.25) is 5.91 Å². The number of rotatable bonds is 7. The average molecular weight is 465 g/mol. The molecular weight excluding hydrogens is 439 g/mol. The molecule has 1 aliphatic rings. The zero-order valence-corrected chi connectivity index (χ0v) is 18.9. The van der Waals surface area contributed by atoms with E-state index in [1.165, 1.54) is 30.6 Å². The van der Waals surface area contributed by atoms with Gasteiger partial charge in [-0.05, 0) is 67.7 Å². The van der Waals surface area contributed by atoms with E-state index in [0.717, 1.165) is 53.2 Å². The summed E-state index contributed by atoms with van der Waals surface area (Å²) in [4.78, 5) is 38.8. The monoisotopic (exact) mass is 464 g/mol. The molecule has 0 spiro atoms. The lowest BCUT2D eigenvalue weighted by atomic mass is 10.0. The van der Waals surface area contributed by atoms with Crippen molar-refractivity contribution < 1.29 is 23.5 Å². The fourth-order valence-corrected chi connectivity index (χ4v) is 5.58. The van der Waals surface area contributed by atoms with Gasteiger partial charge in [0.05, 0.1) is 12.7 Å². The van der Waals surface area contributed by atoms with Gasteiger partial charge in [-0.1, -0.05) is 6.42 Å². The number of methoxy groups -OCH3 is 1. The van der Waals surface area contributed by atoms with Crippen LogP contribution in [0.2, 0.25) is 0 Å². The number of ether oxygens (including phenoxy) is 1. The van der Waals surface area contributed by atoms with Gasteiger partial charge in [-0.2, -0.15) is 0 Å². The Morgan fingerprint density at radius 3 is 2.61 bits per heavy atom. The number of carbonyl (C=O) groups is 3. The van der Waals surface area contributed by atoms with Crippen molar-refractivity contribution in [3.63, 3.8) is 0 Å². The van der Waals surface area contributed by atoms with E-state index >= 15 is 0 Å². The molecule has 2 aromatic rings. The Morgan fingerprint density at radius 1 is 1.13 bits per heavy atom. The van der Waals surface area contributed by atoms with Gasteiger partial charge in [-0.15, -0.1) is 23.1 Å². The molecule has 2 N–H and O–H groups in total. The summed E-state index contributed by atoms with van der Waals surface area (Å²) in [5, 5.41) is 5.58. The van der Waals surface area contributed by atoms with Gasteiger partial charge in [0.25, 0.3) is 5.91 Å². The van der Waals surface area contributed by atoms with Gasteiger partial charge in [0.1, 0.15) is 10.8 Å². The summed E-state index contributed by atoms with van der Waals surface area (Å²) < 4.78 is 17.5. The van der Waals surface area contributed by atoms with Crippen molar-refractivity contribution in [3.05, 3.63) is 46.1 Å². The zero-order valence-electron chi connectivity index (χ0n) is 17.3. The molecule has 6 nitrogen and oxygen atoms in total. The van der Waals surface area contributed by atoms with Gasteiger partial charge in [0.15, 0.2) is 0 Å². The number of benzene rings is 1. The largest absolute Gasteiger partial charge is 0.453 e. The van der Waals surface area contributed by atoms with Crippen molar-refractivity contribution in [1.82, 2.24) is 5.32 Å². The molecule has 0 aliphatic heterocycles. The maximum absolute atomic E-state index is 13.0. The lowest BCUT2D eigenvalue weighted by Gasteiger charge is -2.09. The third-order valence-electron chi connectivity index (χ3n) is 4.93. The average Bonchev–Trinajstić information content (AvgIpc) is 2.92. The maximum atomic E-state index is 13.0. The van der Waals surface area contributed by atoms with E-state index in [0.29, 0.717) is 23.4 Å². The minimum absolute atomic E-state index is 0.178. The molecule has 0 saturated heterocycles. The number of thioether (sulfide) groups is 1. The van der Waals surface area contributed by atoms with Crippen molar-refractivity contribution in [2.45, 2.75) is 49.8 Å². The molecule has 0 radical (unpaired) electrons. The molecular formula is C22H25FN2O4S2. The highest BCUT2D eigenvalue weighted by molar-refractivity contribution is 7.99. The first-order valence-corrected chi connectivity index (χ1v) is 12.0. The van der Waals surface area contributed by atoms with Gasteiger partial charge in [-0.25, -0.2) is 9.18 Å². The van der Waals surface area contributed by atoms with E-state index in [2.05, 4.69) is 15.4 Å². The van der Waals surface area contributed by atoms with Crippen molar-refractivity contribution in [3.8, 4) is 0 Å². The second-order valence-corrected chi connectivity index (χ2v) is 9.44. The van der Waals surface area contributed by atoms with Gasteiger partial charge < -0.3 is 10.1 Å². The molecule has 31 heavy (non-hydrogen) atoms.